The summed E-state index contributed by atoms with van der Waals surface area (Å²) in [5, 5.41) is 3.36. The smallest absolute Gasteiger partial charge is 0.332 e. The topological polar surface area (TPSA) is 85.6 Å². The summed E-state index contributed by atoms with van der Waals surface area (Å²) in [6, 6.07) is -0.0993. The van der Waals surface area contributed by atoms with E-state index in [1.54, 1.807) is 16.6 Å². The number of hydrogen-bond donors (Lipinski definition) is 1. The molecular formula is C20H28N4O4S. The lowest BCUT2D eigenvalue weighted by Crippen LogP contribution is -2.40. The molecule has 2 aromatic rings. The van der Waals surface area contributed by atoms with Gasteiger partial charge < -0.3 is 15.0 Å². The third-order valence-corrected chi connectivity index (χ3v) is 6.40. The van der Waals surface area contributed by atoms with Crippen molar-refractivity contribution in [2.24, 2.45) is 0 Å². The van der Waals surface area contributed by atoms with Gasteiger partial charge in [-0.05, 0) is 32.8 Å². The molecule has 0 aromatic carbocycles. The molecule has 0 saturated carbocycles. The number of amides is 2. The number of carbonyl (C=O) groups is 1. The van der Waals surface area contributed by atoms with Crippen LogP contribution in [0.4, 0.5) is 4.79 Å². The molecule has 9 heteroatoms. The average molecular weight is 421 g/mol. The minimum Gasteiger partial charge on any atom is -0.383 e. The van der Waals surface area contributed by atoms with Crippen molar-refractivity contribution in [1.82, 2.24) is 19.4 Å². The standard InChI is InChI=1S/C20H28N4O4S/c1-13(2)6-5-8-23-17(25)16-14(3)15(12-22-9-7-21-19(22)26)29-18(16)24(20(23)27)10-11-28-4/h6H,5,7-12H2,1-4H3,(H,21,26). The second kappa shape index (κ2) is 8.96. The third-order valence-electron chi connectivity index (χ3n) is 5.10. The highest BCUT2D eigenvalue weighted by molar-refractivity contribution is 7.18. The maximum Gasteiger partial charge on any atom is 0.332 e. The van der Waals surface area contributed by atoms with Crippen LogP contribution >= 0.6 is 11.3 Å². The van der Waals surface area contributed by atoms with Gasteiger partial charge in [0.1, 0.15) is 4.83 Å². The number of methoxy groups -OCH3 is 1. The van der Waals surface area contributed by atoms with Crippen molar-refractivity contribution in [2.45, 2.75) is 46.8 Å². The summed E-state index contributed by atoms with van der Waals surface area (Å²) in [4.78, 5) is 41.5. The molecule has 3 rings (SSSR count). The van der Waals surface area contributed by atoms with E-state index in [-0.39, 0.29) is 17.3 Å². The number of ether oxygens (including phenoxy) is 1. The fourth-order valence-corrected chi connectivity index (χ4v) is 4.82. The summed E-state index contributed by atoms with van der Waals surface area (Å²) < 4.78 is 8.13. The van der Waals surface area contributed by atoms with Gasteiger partial charge >= 0.3 is 11.7 Å². The van der Waals surface area contributed by atoms with Gasteiger partial charge in [0.2, 0.25) is 0 Å². The number of hydrogen-bond acceptors (Lipinski definition) is 5. The predicted octanol–water partition coefficient (Wildman–Crippen LogP) is 2.06. The van der Waals surface area contributed by atoms with Crippen LogP contribution in [0.5, 0.6) is 0 Å². The number of fused-ring (bicyclic) bond motifs is 1. The summed E-state index contributed by atoms with van der Waals surface area (Å²) in [5.74, 6) is 0. The minimum absolute atomic E-state index is 0.0993. The van der Waals surface area contributed by atoms with E-state index in [2.05, 4.69) is 5.32 Å². The number of aromatic nitrogens is 2. The van der Waals surface area contributed by atoms with Crippen LogP contribution < -0.4 is 16.6 Å². The number of nitrogens with one attached hydrogen (secondary N) is 1. The summed E-state index contributed by atoms with van der Waals surface area (Å²) in [5.41, 5.74) is 1.42. The van der Waals surface area contributed by atoms with Gasteiger partial charge in [0, 0.05) is 31.6 Å². The number of rotatable bonds is 8. The molecule has 0 unspecified atom stereocenters. The number of aryl methyl sites for hydroxylation is 1. The molecule has 29 heavy (non-hydrogen) atoms. The predicted molar refractivity (Wildman–Crippen MR) is 115 cm³/mol. The second-order valence-corrected chi connectivity index (χ2v) is 8.52. The average Bonchev–Trinajstić information content (AvgIpc) is 3.21. The van der Waals surface area contributed by atoms with Gasteiger partial charge in [-0.3, -0.25) is 13.9 Å². The fourth-order valence-electron chi connectivity index (χ4n) is 3.49. The summed E-state index contributed by atoms with van der Waals surface area (Å²) >= 11 is 1.42. The Hall–Kier alpha value is -2.39. The van der Waals surface area contributed by atoms with E-state index in [4.69, 9.17) is 4.74 Å². The van der Waals surface area contributed by atoms with Gasteiger partial charge in [0.25, 0.3) is 5.56 Å². The molecular weight excluding hydrogens is 392 g/mol. The van der Waals surface area contributed by atoms with Crippen LogP contribution in [0.25, 0.3) is 10.2 Å². The van der Waals surface area contributed by atoms with Gasteiger partial charge in [0.15, 0.2) is 0 Å². The molecule has 8 nitrogen and oxygen atoms in total. The molecule has 0 bridgehead atoms. The molecule has 0 aliphatic carbocycles. The van der Waals surface area contributed by atoms with Crippen LogP contribution in [0.15, 0.2) is 21.2 Å². The molecule has 0 spiro atoms. The molecule has 0 atom stereocenters. The highest BCUT2D eigenvalue weighted by Crippen LogP contribution is 2.29. The highest BCUT2D eigenvalue weighted by Gasteiger charge is 2.24. The van der Waals surface area contributed by atoms with Crippen LogP contribution in [-0.2, 0) is 24.4 Å². The third kappa shape index (κ3) is 4.30. The monoisotopic (exact) mass is 420 g/mol. The normalized spacial score (nSPS) is 13.9. The Bertz CT molecular complexity index is 1060. The number of allylic oxidation sites excluding steroid dienone is 2. The molecule has 1 N–H and O–H groups in total. The van der Waals surface area contributed by atoms with Crippen molar-refractivity contribution in [1.29, 1.82) is 0 Å². The Morgan fingerprint density at radius 2 is 1.97 bits per heavy atom. The van der Waals surface area contributed by atoms with E-state index in [9.17, 15) is 14.4 Å². The zero-order valence-corrected chi connectivity index (χ0v) is 18.2. The Morgan fingerprint density at radius 1 is 1.21 bits per heavy atom. The first kappa shape index (κ1) is 21.3. The zero-order chi connectivity index (χ0) is 21.1. The maximum absolute atomic E-state index is 13.2. The molecule has 2 aromatic heterocycles. The highest BCUT2D eigenvalue weighted by atomic mass is 32.1. The molecule has 1 saturated heterocycles. The van der Waals surface area contributed by atoms with E-state index in [1.165, 1.54) is 15.9 Å². The Morgan fingerprint density at radius 3 is 2.59 bits per heavy atom. The number of thiophene rings is 1. The van der Waals surface area contributed by atoms with E-state index >= 15 is 0 Å². The van der Waals surface area contributed by atoms with Crippen LogP contribution in [0.1, 0.15) is 30.7 Å². The Labute approximate surface area is 173 Å². The number of urea groups is 1. The van der Waals surface area contributed by atoms with Crippen LogP contribution in [0, 0.1) is 6.92 Å². The lowest BCUT2D eigenvalue weighted by atomic mass is 10.2. The quantitative estimate of drug-likeness (QED) is 0.663. The van der Waals surface area contributed by atoms with E-state index in [0.29, 0.717) is 56.0 Å². The van der Waals surface area contributed by atoms with Crippen molar-refractivity contribution in [2.75, 3.05) is 26.8 Å². The lowest BCUT2D eigenvalue weighted by Gasteiger charge is -2.12. The second-order valence-electron chi connectivity index (χ2n) is 7.44. The molecule has 1 fully saturated rings. The first-order valence-corrected chi connectivity index (χ1v) is 10.6. The van der Waals surface area contributed by atoms with Crippen molar-refractivity contribution < 1.29 is 9.53 Å². The van der Waals surface area contributed by atoms with E-state index in [0.717, 1.165) is 16.0 Å². The fraction of sp³-hybridized carbons (Fsp3) is 0.550. The molecule has 1 aliphatic heterocycles. The molecule has 0 radical (unpaired) electrons. The number of carbonyl (C=O) groups excluding carboxylic acids is 1. The summed E-state index contributed by atoms with van der Waals surface area (Å²) in [6.45, 7) is 8.67. The largest absolute Gasteiger partial charge is 0.383 e. The van der Waals surface area contributed by atoms with Gasteiger partial charge in [-0.15, -0.1) is 11.3 Å². The summed E-state index contributed by atoms with van der Waals surface area (Å²) in [7, 11) is 1.59. The van der Waals surface area contributed by atoms with Gasteiger partial charge in [-0.25, -0.2) is 9.59 Å². The van der Waals surface area contributed by atoms with Crippen LogP contribution in [-0.4, -0.2) is 46.9 Å². The minimum atomic E-state index is -0.312. The molecule has 1 aliphatic rings. The molecule has 158 valence electrons. The Balaban J connectivity index is 2.12. The maximum atomic E-state index is 13.2. The van der Waals surface area contributed by atoms with Gasteiger partial charge in [-0.2, -0.15) is 0 Å². The van der Waals surface area contributed by atoms with Crippen molar-refractivity contribution in [3.05, 3.63) is 42.9 Å². The van der Waals surface area contributed by atoms with Crippen LogP contribution in [0.2, 0.25) is 0 Å². The SMILES string of the molecule is COCCn1c(=O)n(CCC=C(C)C)c(=O)c2c(C)c(CN3CCNC3=O)sc21. The van der Waals surface area contributed by atoms with Gasteiger partial charge in [0.05, 0.1) is 25.1 Å². The summed E-state index contributed by atoms with van der Waals surface area (Å²) in [6.07, 6.45) is 2.64. The van der Waals surface area contributed by atoms with Gasteiger partial charge in [-0.1, -0.05) is 11.6 Å². The Kier molecular flexibility index (Phi) is 6.59. The van der Waals surface area contributed by atoms with Crippen molar-refractivity contribution in [3.63, 3.8) is 0 Å². The van der Waals surface area contributed by atoms with Crippen LogP contribution in [0.3, 0.4) is 0 Å². The van der Waals surface area contributed by atoms with Crippen molar-refractivity contribution >= 4 is 27.6 Å². The van der Waals surface area contributed by atoms with E-state index < -0.39 is 0 Å². The zero-order valence-electron chi connectivity index (χ0n) is 17.4. The first-order valence-electron chi connectivity index (χ1n) is 9.75. The van der Waals surface area contributed by atoms with E-state index in [1.807, 2.05) is 26.8 Å². The first-order chi connectivity index (χ1) is 13.8. The molecule has 3 heterocycles. The number of nitrogens with zero attached hydrogens (tertiary/aromatic N) is 3. The molecule has 2 amide bonds. The lowest BCUT2D eigenvalue weighted by molar-refractivity contribution is 0.186. The van der Waals surface area contributed by atoms with Crippen molar-refractivity contribution in [3.8, 4) is 0 Å².